The predicted molar refractivity (Wildman–Crippen MR) is 143 cm³/mol. The molecular formula is C31H19N3O. The van der Waals surface area contributed by atoms with Crippen LogP contribution in [0.25, 0.3) is 66.1 Å². The van der Waals surface area contributed by atoms with Crippen molar-refractivity contribution in [1.82, 2.24) is 14.1 Å². The number of hydrogen-bond acceptors (Lipinski definition) is 2. The van der Waals surface area contributed by atoms with Gasteiger partial charge in [-0.2, -0.15) is 0 Å². The molecule has 8 aromatic rings. The van der Waals surface area contributed by atoms with Crippen molar-refractivity contribution < 1.29 is 4.42 Å². The van der Waals surface area contributed by atoms with Crippen molar-refractivity contribution in [2.45, 2.75) is 0 Å². The smallest absolute Gasteiger partial charge is 0.181 e. The molecule has 0 aliphatic carbocycles. The number of oxazole rings is 1. The highest BCUT2D eigenvalue weighted by Crippen LogP contribution is 2.41. The lowest BCUT2D eigenvalue weighted by molar-refractivity contribution is 0.602. The molecule has 0 aliphatic rings. The maximum atomic E-state index is 5.53. The summed E-state index contributed by atoms with van der Waals surface area (Å²) >= 11 is 0. The van der Waals surface area contributed by atoms with Crippen molar-refractivity contribution in [3.63, 3.8) is 0 Å². The third kappa shape index (κ3) is 2.48. The van der Waals surface area contributed by atoms with Crippen molar-refractivity contribution in [3.8, 4) is 11.4 Å². The zero-order valence-corrected chi connectivity index (χ0v) is 18.7. The molecule has 8 rings (SSSR count). The number of nitrogens with zero attached hydrogens (tertiary/aromatic N) is 3. The monoisotopic (exact) mass is 449 g/mol. The van der Waals surface area contributed by atoms with Gasteiger partial charge < -0.3 is 13.6 Å². The summed E-state index contributed by atoms with van der Waals surface area (Å²) in [4.78, 5) is 4.43. The molecule has 3 heterocycles. The Balaban J connectivity index is 1.65. The van der Waals surface area contributed by atoms with Crippen LogP contribution in [0.3, 0.4) is 0 Å². The fraction of sp³-hybridized carbons (Fsp3) is 0. The van der Waals surface area contributed by atoms with E-state index in [2.05, 4.69) is 117 Å². The van der Waals surface area contributed by atoms with E-state index in [1.807, 2.05) is 6.07 Å². The second kappa shape index (κ2) is 6.84. The molecule has 0 amide bonds. The number of hydrogen-bond donors (Lipinski definition) is 0. The molecule has 0 aliphatic heterocycles. The maximum Gasteiger partial charge on any atom is 0.181 e. The molecule has 0 unspecified atom stereocenters. The normalized spacial score (nSPS) is 12.0. The Labute approximate surface area is 200 Å². The molecule has 4 heteroatoms. The molecule has 0 bridgehead atoms. The third-order valence-electron chi connectivity index (χ3n) is 7.06. The Morgan fingerprint density at radius 2 is 1.11 bits per heavy atom. The third-order valence-corrected chi connectivity index (χ3v) is 7.06. The average Bonchev–Trinajstić information content (AvgIpc) is 3.61. The molecule has 0 fully saturated rings. The van der Waals surface area contributed by atoms with Gasteiger partial charge in [-0.05, 0) is 42.5 Å². The summed E-state index contributed by atoms with van der Waals surface area (Å²) in [6.45, 7) is 0. The predicted octanol–water partition coefficient (Wildman–Crippen LogP) is 8.02. The van der Waals surface area contributed by atoms with Crippen molar-refractivity contribution in [3.05, 3.63) is 116 Å². The fourth-order valence-electron chi connectivity index (χ4n) is 5.60. The second-order valence-corrected chi connectivity index (χ2v) is 8.90. The molecule has 0 radical (unpaired) electrons. The average molecular weight is 450 g/mol. The van der Waals surface area contributed by atoms with Crippen LogP contribution in [0, 0.1) is 0 Å². The van der Waals surface area contributed by atoms with Gasteiger partial charge in [0.2, 0.25) is 0 Å². The van der Waals surface area contributed by atoms with Crippen LogP contribution in [-0.4, -0.2) is 14.1 Å². The molecule has 0 atom stereocenters. The molecule has 0 spiro atoms. The molecule has 0 saturated carbocycles. The van der Waals surface area contributed by atoms with E-state index in [9.17, 15) is 0 Å². The SMILES string of the molecule is c1ccc(-n2c3ccccc3c3ccc4c5ccccc5n(-c5ccc6ocnc6c5)c4c32)cc1. The highest BCUT2D eigenvalue weighted by molar-refractivity contribution is 6.23. The van der Waals surface area contributed by atoms with E-state index in [4.69, 9.17) is 4.42 Å². The Kier molecular flexibility index (Phi) is 3.63. The van der Waals surface area contributed by atoms with E-state index in [0.717, 1.165) is 22.5 Å². The lowest BCUT2D eigenvalue weighted by atomic mass is 10.1. The summed E-state index contributed by atoms with van der Waals surface area (Å²) in [5, 5.41) is 4.95. The zero-order chi connectivity index (χ0) is 22.9. The van der Waals surface area contributed by atoms with E-state index in [0.29, 0.717) is 0 Å². The van der Waals surface area contributed by atoms with Crippen molar-refractivity contribution in [2.24, 2.45) is 0 Å². The van der Waals surface area contributed by atoms with Crippen LogP contribution in [0.4, 0.5) is 0 Å². The molecule has 3 aromatic heterocycles. The fourth-order valence-corrected chi connectivity index (χ4v) is 5.60. The first-order chi connectivity index (χ1) is 17.4. The lowest BCUT2D eigenvalue weighted by Crippen LogP contribution is -1.98. The molecular weight excluding hydrogens is 430 g/mol. The van der Waals surface area contributed by atoms with E-state index in [1.54, 1.807) is 0 Å². The van der Waals surface area contributed by atoms with E-state index in [-0.39, 0.29) is 0 Å². The summed E-state index contributed by atoms with van der Waals surface area (Å²) in [6.07, 6.45) is 1.51. The van der Waals surface area contributed by atoms with Crippen molar-refractivity contribution in [1.29, 1.82) is 0 Å². The Hall–Kier alpha value is -4.83. The van der Waals surface area contributed by atoms with E-state index in [1.165, 1.54) is 50.0 Å². The quantitative estimate of drug-likeness (QED) is 0.268. The molecule has 0 N–H and O–H groups in total. The van der Waals surface area contributed by atoms with Gasteiger partial charge in [-0.25, -0.2) is 4.98 Å². The zero-order valence-electron chi connectivity index (χ0n) is 18.7. The standard InChI is InChI=1S/C31H19N3O/c1-2-8-20(9-3-1)33-27-12-6-4-10-22(27)24-15-16-25-23-11-5-7-13-28(23)34(31(25)30(24)33)21-14-17-29-26(18-21)32-19-35-29/h1-19H. The minimum absolute atomic E-state index is 0.790. The van der Waals surface area contributed by atoms with Gasteiger partial charge in [-0.15, -0.1) is 0 Å². The molecule has 0 saturated heterocycles. The highest BCUT2D eigenvalue weighted by atomic mass is 16.3. The highest BCUT2D eigenvalue weighted by Gasteiger charge is 2.21. The summed E-state index contributed by atoms with van der Waals surface area (Å²) in [6, 6.07) is 38.7. The molecule has 164 valence electrons. The molecule has 4 nitrogen and oxygen atoms in total. The summed E-state index contributed by atoms with van der Waals surface area (Å²) in [7, 11) is 0. The summed E-state index contributed by atoms with van der Waals surface area (Å²) in [5.41, 5.74) is 8.61. The lowest BCUT2D eigenvalue weighted by Gasteiger charge is -2.12. The first-order valence-corrected chi connectivity index (χ1v) is 11.7. The number of fused-ring (bicyclic) bond motifs is 8. The minimum atomic E-state index is 0.790. The summed E-state index contributed by atoms with van der Waals surface area (Å²) in [5.74, 6) is 0. The Morgan fingerprint density at radius 1 is 0.514 bits per heavy atom. The van der Waals surface area contributed by atoms with Gasteiger partial charge >= 0.3 is 0 Å². The van der Waals surface area contributed by atoms with Crippen LogP contribution in [0.1, 0.15) is 0 Å². The van der Waals surface area contributed by atoms with Crippen LogP contribution in [-0.2, 0) is 0 Å². The van der Waals surface area contributed by atoms with Gasteiger partial charge in [0.15, 0.2) is 12.0 Å². The van der Waals surface area contributed by atoms with Gasteiger partial charge in [0.05, 0.1) is 22.1 Å². The van der Waals surface area contributed by atoms with Gasteiger partial charge in [-0.1, -0.05) is 66.7 Å². The van der Waals surface area contributed by atoms with Crippen LogP contribution in [0.15, 0.2) is 120 Å². The van der Waals surface area contributed by atoms with Gasteiger partial charge in [0.1, 0.15) is 5.52 Å². The number of para-hydroxylation sites is 3. The van der Waals surface area contributed by atoms with Crippen LogP contribution >= 0.6 is 0 Å². The number of rotatable bonds is 2. The van der Waals surface area contributed by atoms with Gasteiger partial charge in [-0.3, -0.25) is 0 Å². The Bertz CT molecular complexity index is 2060. The first kappa shape index (κ1) is 18.6. The van der Waals surface area contributed by atoms with Gasteiger partial charge in [0, 0.05) is 32.9 Å². The van der Waals surface area contributed by atoms with Crippen LogP contribution in [0.2, 0.25) is 0 Å². The largest absolute Gasteiger partial charge is 0.443 e. The van der Waals surface area contributed by atoms with Crippen LogP contribution < -0.4 is 0 Å². The minimum Gasteiger partial charge on any atom is -0.443 e. The first-order valence-electron chi connectivity index (χ1n) is 11.7. The number of benzene rings is 5. The number of aromatic nitrogens is 3. The van der Waals surface area contributed by atoms with E-state index >= 15 is 0 Å². The second-order valence-electron chi connectivity index (χ2n) is 8.90. The van der Waals surface area contributed by atoms with Crippen LogP contribution in [0.5, 0.6) is 0 Å². The maximum absolute atomic E-state index is 5.53. The van der Waals surface area contributed by atoms with E-state index < -0.39 is 0 Å². The molecule has 35 heavy (non-hydrogen) atoms. The van der Waals surface area contributed by atoms with Gasteiger partial charge in [0.25, 0.3) is 0 Å². The van der Waals surface area contributed by atoms with Crippen molar-refractivity contribution in [2.75, 3.05) is 0 Å². The topological polar surface area (TPSA) is 35.9 Å². The molecule has 5 aromatic carbocycles. The Morgan fingerprint density at radius 3 is 1.80 bits per heavy atom. The van der Waals surface area contributed by atoms with Crippen molar-refractivity contribution >= 4 is 54.7 Å². The summed E-state index contributed by atoms with van der Waals surface area (Å²) < 4.78 is 10.3.